The van der Waals surface area contributed by atoms with Crippen LogP contribution in [0.1, 0.15) is 291 Å². The lowest BCUT2D eigenvalue weighted by Crippen LogP contribution is -2.47. The number of piperazine rings is 1. The first-order valence-corrected chi connectivity index (χ1v) is 40.0. The Morgan fingerprint density at radius 3 is 1.24 bits per heavy atom. The summed E-state index contributed by atoms with van der Waals surface area (Å²) in [6, 6.07) is 0.0662. The summed E-state index contributed by atoms with van der Waals surface area (Å²) in [4.78, 5) is 22.6. The van der Waals surface area contributed by atoms with Gasteiger partial charge in [0.05, 0.1) is 24.4 Å². The van der Waals surface area contributed by atoms with Crippen LogP contribution in [0, 0.1) is 0 Å². The Morgan fingerprint density at radius 1 is 0.427 bits per heavy atom. The number of allylic oxidation sites excluding steroid dienone is 12. The molecular weight excluding hydrogens is 1140 g/mol. The Hall–Kier alpha value is -1.71. The molecule has 89 heavy (non-hydrogen) atoms. The molecule has 0 spiro atoms. The molecular formula is C77H144N4O6S2. The van der Waals surface area contributed by atoms with E-state index in [0.29, 0.717) is 45.6 Å². The molecule has 0 aromatic rings. The van der Waals surface area contributed by atoms with Crippen molar-refractivity contribution < 1.29 is 30.0 Å². The topological polar surface area (TPSA) is 120 Å². The highest BCUT2D eigenvalue weighted by Gasteiger charge is 2.23. The quantitative estimate of drug-likeness (QED) is 0.0201. The summed E-state index contributed by atoms with van der Waals surface area (Å²) in [6.07, 6.45) is 69.7. The lowest BCUT2D eigenvalue weighted by atomic mass is 10.0. The fourth-order valence-electron chi connectivity index (χ4n) is 11.8. The van der Waals surface area contributed by atoms with Crippen LogP contribution in [0.4, 0.5) is 0 Å². The zero-order valence-electron chi connectivity index (χ0n) is 58.7. The number of unbranched alkanes of at least 4 members (excludes halogenated alkanes) is 23. The monoisotopic (exact) mass is 1290 g/mol. The van der Waals surface area contributed by atoms with Crippen LogP contribution in [0.3, 0.4) is 0 Å². The van der Waals surface area contributed by atoms with Gasteiger partial charge in [0.1, 0.15) is 6.61 Å². The van der Waals surface area contributed by atoms with Gasteiger partial charge in [-0.15, -0.1) is 0 Å². The highest BCUT2D eigenvalue weighted by molar-refractivity contribution is 8.76. The van der Waals surface area contributed by atoms with Crippen molar-refractivity contribution in [1.29, 1.82) is 0 Å². The number of hydrogen-bond donors (Lipinski definition) is 4. The van der Waals surface area contributed by atoms with Crippen molar-refractivity contribution in [3.05, 3.63) is 72.9 Å². The number of carbonyl (C=O) groups is 1. The molecule has 10 nitrogen and oxygen atoms in total. The molecule has 1 fully saturated rings. The second-order valence-electron chi connectivity index (χ2n) is 26.1. The molecule has 1 aliphatic heterocycles. The van der Waals surface area contributed by atoms with Crippen molar-refractivity contribution in [3.63, 3.8) is 0 Å². The number of rotatable bonds is 66. The first-order chi connectivity index (χ1) is 43.6. The van der Waals surface area contributed by atoms with Gasteiger partial charge in [0.25, 0.3) is 0 Å². The predicted molar refractivity (Wildman–Crippen MR) is 392 cm³/mol. The highest BCUT2D eigenvalue weighted by Crippen LogP contribution is 2.24. The SMILES string of the molecule is CC/C=C\C/C=C\C/C=C\CCCCCCC(O)CN(CCCCSSCCN1CCN(CCOC(=O)CCC(C)N(CC(O)CCCCCCCCCC)CC(O)CCCCCCCCCC)CC1)CC(O)CCCCCC/C=C\C/C=C\C/C=C\CC. The van der Waals surface area contributed by atoms with Crippen molar-refractivity contribution in [3.8, 4) is 0 Å². The smallest absolute Gasteiger partial charge is 0.305 e. The standard InChI is InChI=1S/C77H144N4O6S2/c1-6-10-14-18-22-26-28-30-32-34-36-40-42-46-52-73(82)68-80(69-74(83)53-47-43-41-37-35-33-31-29-27-23-19-15-11-7-2)58-50-51-66-88-89-67-64-79-61-59-78(60-62-79)63-65-87-77(86)57-56-72(5)81(70-75(84)54-48-44-38-24-20-16-12-8-3)71-76(85)55-49-45-39-25-21-17-13-9-4/h10-11,14-15,22-23,26-27,30-33,72-76,82-85H,6-9,12-13,16-21,24-25,28-29,34-71H2,1-5H3/b14-10-,15-11-,26-22-,27-23-,32-30-,33-31-. The fourth-order valence-corrected chi connectivity index (χ4v) is 13.9. The van der Waals surface area contributed by atoms with Gasteiger partial charge in [-0.1, -0.05) is 263 Å². The van der Waals surface area contributed by atoms with Crippen LogP contribution in [-0.4, -0.2) is 167 Å². The Kier molecular flexibility index (Phi) is 63.6. The van der Waals surface area contributed by atoms with Crippen LogP contribution < -0.4 is 0 Å². The van der Waals surface area contributed by atoms with Crippen molar-refractivity contribution in [2.24, 2.45) is 0 Å². The second-order valence-corrected chi connectivity index (χ2v) is 28.8. The fraction of sp³-hybridized carbons (Fsp3) is 0.831. The third kappa shape index (κ3) is 58.6. The van der Waals surface area contributed by atoms with E-state index < -0.39 is 12.2 Å². The van der Waals surface area contributed by atoms with Gasteiger partial charge in [0, 0.05) is 89.4 Å². The molecule has 1 rings (SSSR count). The molecule has 12 heteroatoms. The van der Waals surface area contributed by atoms with Gasteiger partial charge in [0.15, 0.2) is 0 Å². The van der Waals surface area contributed by atoms with E-state index in [-0.39, 0.29) is 24.2 Å². The molecule has 1 aliphatic rings. The number of nitrogens with zero attached hydrogens (tertiary/aromatic N) is 4. The third-order valence-electron chi connectivity index (χ3n) is 17.5. The van der Waals surface area contributed by atoms with Crippen LogP contribution >= 0.6 is 21.6 Å². The van der Waals surface area contributed by atoms with Crippen molar-refractivity contribution in [2.45, 2.75) is 322 Å². The molecule has 1 saturated heterocycles. The van der Waals surface area contributed by atoms with E-state index >= 15 is 0 Å². The Labute approximate surface area is 558 Å². The normalized spacial score (nSPS) is 15.7. The van der Waals surface area contributed by atoms with E-state index in [4.69, 9.17) is 4.74 Å². The third-order valence-corrected chi connectivity index (χ3v) is 20.0. The first kappa shape index (κ1) is 85.3. The zero-order chi connectivity index (χ0) is 64.6. The minimum absolute atomic E-state index is 0.0662. The number of carbonyl (C=O) groups excluding carboxylic acids is 1. The summed E-state index contributed by atoms with van der Waals surface area (Å²) >= 11 is 0. The lowest BCUT2D eigenvalue weighted by Gasteiger charge is -2.34. The Balaban J connectivity index is 2.45. The maximum absolute atomic E-state index is 13.0. The van der Waals surface area contributed by atoms with Crippen LogP contribution in [-0.2, 0) is 9.53 Å². The predicted octanol–water partition coefficient (Wildman–Crippen LogP) is 19.0. The summed E-state index contributed by atoms with van der Waals surface area (Å²) in [5, 5.41) is 44.6. The first-order valence-electron chi connectivity index (χ1n) is 37.5. The van der Waals surface area contributed by atoms with Crippen molar-refractivity contribution >= 4 is 27.6 Å². The number of ether oxygens (including phenoxy) is 1. The molecule has 0 saturated carbocycles. The molecule has 0 aliphatic carbocycles. The van der Waals surface area contributed by atoms with E-state index in [2.05, 4.69) is 127 Å². The van der Waals surface area contributed by atoms with Gasteiger partial charge in [-0.3, -0.25) is 24.4 Å². The minimum atomic E-state index is -0.424. The number of esters is 1. The van der Waals surface area contributed by atoms with Crippen LogP contribution in [0.5, 0.6) is 0 Å². The van der Waals surface area contributed by atoms with Gasteiger partial charge in [0.2, 0.25) is 0 Å². The van der Waals surface area contributed by atoms with Crippen molar-refractivity contribution in [1.82, 2.24) is 19.6 Å². The van der Waals surface area contributed by atoms with Gasteiger partial charge in [-0.2, -0.15) is 0 Å². The van der Waals surface area contributed by atoms with Gasteiger partial charge < -0.3 is 25.2 Å². The van der Waals surface area contributed by atoms with Crippen LogP contribution in [0.2, 0.25) is 0 Å². The summed E-state index contributed by atoms with van der Waals surface area (Å²) in [5.74, 6) is 2.07. The molecule has 1 heterocycles. The molecule has 0 bridgehead atoms. The molecule has 4 N–H and O–H groups in total. The van der Waals surface area contributed by atoms with E-state index in [0.717, 1.165) is 199 Å². The average molecular weight is 1290 g/mol. The molecule has 520 valence electrons. The molecule has 5 unspecified atom stereocenters. The zero-order valence-corrected chi connectivity index (χ0v) is 60.3. The summed E-state index contributed by atoms with van der Waals surface area (Å²) in [6.45, 7) is 20.6. The molecule has 0 aromatic heterocycles. The largest absolute Gasteiger partial charge is 0.464 e. The number of aliphatic hydroxyl groups excluding tert-OH is 4. The maximum atomic E-state index is 13.0. The van der Waals surface area contributed by atoms with E-state index in [1.807, 2.05) is 21.6 Å². The van der Waals surface area contributed by atoms with Gasteiger partial charge in [-0.05, 0) is 123 Å². The van der Waals surface area contributed by atoms with Gasteiger partial charge >= 0.3 is 5.97 Å². The van der Waals surface area contributed by atoms with Crippen molar-refractivity contribution in [2.75, 3.05) is 90.1 Å². The lowest BCUT2D eigenvalue weighted by molar-refractivity contribution is -0.144. The van der Waals surface area contributed by atoms with E-state index in [1.165, 1.54) is 103 Å². The molecule has 0 amide bonds. The summed E-state index contributed by atoms with van der Waals surface area (Å²) < 4.78 is 5.78. The summed E-state index contributed by atoms with van der Waals surface area (Å²) in [7, 11) is 3.97. The number of hydrogen-bond acceptors (Lipinski definition) is 12. The molecule has 0 aromatic carbocycles. The highest BCUT2D eigenvalue weighted by atomic mass is 33.1. The number of aliphatic hydroxyl groups is 4. The van der Waals surface area contributed by atoms with E-state index in [1.54, 1.807) is 0 Å². The Bertz CT molecular complexity index is 1600. The molecule has 0 radical (unpaired) electrons. The molecule has 5 atom stereocenters. The van der Waals surface area contributed by atoms with Gasteiger partial charge in [-0.25, -0.2) is 0 Å². The van der Waals surface area contributed by atoms with E-state index in [9.17, 15) is 25.2 Å². The minimum Gasteiger partial charge on any atom is -0.464 e. The average Bonchev–Trinajstić information content (AvgIpc) is 3.63. The Morgan fingerprint density at radius 2 is 0.798 bits per heavy atom. The second kappa shape index (κ2) is 66.3. The van der Waals surface area contributed by atoms with Crippen LogP contribution in [0.25, 0.3) is 0 Å². The maximum Gasteiger partial charge on any atom is 0.305 e. The van der Waals surface area contributed by atoms with Crippen LogP contribution in [0.15, 0.2) is 72.9 Å². The summed E-state index contributed by atoms with van der Waals surface area (Å²) in [5.41, 5.74) is 0.